The van der Waals surface area contributed by atoms with Gasteiger partial charge in [0.15, 0.2) is 0 Å². The van der Waals surface area contributed by atoms with Crippen LogP contribution in [-0.2, 0) is 16.0 Å². The van der Waals surface area contributed by atoms with Crippen LogP contribution in [-0.4, -0.2) is 34.6 Å². The summed E-state index contributed by atoms with van der Waals surface area (Å²) in [5, 5.41) is 0.451. The molecule has 4 nitrogen and oxygen atoms in total. The molecule has 0 bridgehead atoms. The maximum absolute atomic E-state index is 13.8. The van der Waals surface area contributed by atoms with Gasteiger partial charge in [0.05, 0.1) is 0 Å². The van der Waals surface area contributed by atoms with Crippen molar-refractivity contribution >= 4 is 56.6 Å². The zero-order valence-electron chi connectivity index (χ0n) is 18.1. The molecular weight excluding hydrogens is 544 g/mol. The number of benzene rings is 2. The Balaban J connectivity index is 2.21. The van der Waals surface area contributed by atoms with Crippen LogP contribution in [0.3, 0.4) is 0 Å². The summed E-state index contributed by atoms with van der Waals surface area (Å²) in [5.74, 6) is -2.80. The molecule has 0 saturated carbocycles. The quantitative estimate of drug-likeness (QED) is 0.397. The van der Waals surface area contributed by atoms with Crippen molar-refractivity contribution < 1.29 is 22.8 Å². The number of halogens is 6. The van der Waals surface area contributed by atoms with Gasteiger partial charge in [-0.05, 0) is 55.2 Å². The maximum atomic E-state index is 13.8. The van der Waals surface area contributed by atoms with E-state index < -0.39 is 29.7 Å². The van der Waals surface area contributed by atoms with Gasteiger partial charge in [-0.1, -0.05) is 65.1 Å². The van der Waals surface area contributed by atoms with Gasteiger partial charge in [-0.2, -0.15) is 13.2 Å². The van der Waals surface area contributed by atoms with Crippen LogP contribution in [0.5, 0.6) is 0 Å². The van der Waals surface area contributed by atoms with E-state index in [2.05, 4.69) is 15.9 Å². The Morgan fingerprint density at radius 3 is 2.15 bits per heavy atom. The second-order valence-electron chi connectivity index (χ2n) is 8.66. The Bertz CT molecular complexity index is 1040. The molecular formula is C23H22BrCl2F3N2O2. The van der Waals surface area contributed by atoms with Crippen molar-refractivity contribution in [3.05, 3.63) is 62.5 Å². The molecule has 2 aromatic rings. The summed E-state index contributed by atoms with van der Waals surface area (Å²) in [6, 6.07) is 11.2. The molecule has 33 heavy (non-hydrogen) atoms. The minimum absolute atomic E-state index is 0.0969. The van der Waals surface area contributed by atoms with Crippen LogP contribution in [0, 0.1) is 5.92 Å². The van der Waals surface area contributed by atoms with Crippen molar-refractivity contribution in [3.63, 3.8) is 0 Å². The van der Waals surface area contributed by atoms with E-state index in [1.54, 1.807) is 24.3 Å². The molecule has 2 aromatic carbocycles. The second kappa shape index (κ2) is 9.47. The third-order valence-corrected chi connectivity index (χ3v) is 6.50. The zero-order valence-corrected chi connectivity index (χ0v) is 21.2. The second-order valence-corrected chi connectivity index (χ2v) is 10.5. The molecule has 0 unspecified atom stereocenters. The first-order valence-corrected chi connectivity index (χ1v) is 11.7. The Hall–Kier alpha value is -1.77. The highest BCUT2D eigenvalue weighted by molar-refractivity contribution is 9.10. The Kier molecular flexibility index (Phi) is 7.42. The molecule has 0 spiro atoms. The molecule has 0 N–H and O–H groups in total. The van der Waals surface area contributed by atoms with Crippen LogP contribution >= 0.6 is 39.1 Å². The Morgan fingerprint density at radius 2 is 1.67 bits per heavy atom. The summed E-state index contributed by atoms with van der Waals surface area (Å²) < 4.78 is 42.1. The summed E-state index contributed by atoms with van der Waals surface area (Å²) >= 11 is 15.6. The molecule has 0 radical (unpaired) electrons. The van der Waals surface area contributed by atoms with E-state index in [9.17, 15) is 22.8 Å². The number of hydrogen-bond donors (Lipinski definition) is 0. The van der Waals surface area contributed by atoms with Crippen LogP contribution in [0.25, 0.3) is 0 Å². The fourth-order valence-corrected chi connectivity index (χ4v) is 4.98. The molecule has 1 saturated heterocycles. The lowest BCUT2D eigenvalue weighted by molar-refractivity contribution is -0.192. The van der Waals surface area contributed by atoms with Gasteiger partial charge in [-0.15, -0.1) is 0 Å². The summed E-state index contributed by atoms with van der Waals surface area (Å²) in [6.45, 7) is 5.00. The van der Waals surface area contributed by atoms with Gasteiger partial charge in [0.2, 0.25) is 0 Å². The maximum Gasteiger partial charge on any atom is 0.471 e. The molecule has 1 fully saturated rings. The van der Waals surface area contributed by atoms with E-state index >= 15 is 0 Å². The van der Waals surface area contributed by atoms with Gasteiger partial charge in [0.25, 0.3) is 5.91 Å². The van der Waals surface area contributed by atoms with E-state index in [1.807, 2.05) is 13.8 Å². The predicted octanol–water partition coefficient (Wildman–Crippen LogP) is 6.87. The van der Waals surface area contributed by atoms with Gasteiger partial charge in [0, 0.05) is 26.6 Å². The van der Waals surface area contributed by atoms with Gasteiger partial charge in [-0.25, -0.2) is 0 Å². The molecule has 0 aliphatic carbocycles. The lowest BCUT2D eigenvalue weighted by Gasteiger charge is -2.37. The molecule has 1 aliphatic rings. The van der Waals surface area contributed by atoms with E-state index in [1.165, 1.54) is 30.0 Å². The smallest absolute Gasteiger partial charge is 0.299 e. The van der Waals surface area contributed by atoms with Crippen LogP contribution in [0.2, 0.25) is 10.0 Å². The van der Waals surface area contributed by atoms with Crippen LogP contribution in [0.15, 0.2) is 46.9 Å². The van der Waals surface area contributed by atoms with Gasteiger partial charge in [-0.3, -0.25) is 19.4 Å². The third kappa shape index (κ3) is 5.33. The Morgan fingerprint density at radius 1 is 1.12 bits per heavy atom. The van der Waals surface area contributed by atoms with Crippen LogP contribution < -0.4 is 4.90 Å². The molecule has 1 heterocycles. The summed E-state index contributed by atoms with van der Waals surface area (Å²) in [5.41, 5.74) is -0.930. The van der Waals surface area contributed by atoms with Gasteiger partial charge >= 0.3 is 12.1 Å². The molecule has 2 atom stereocenters. The summed E-state index contributed by atoms with van der Waals surface area (Å²) in [6.07, 6.45) is -6.28. The summed E-state index contributed by atoms with van der Waals surface area (Å²) in [7, 11) is 0. The van der Waals surface area contributed by atoms with E-state index in [0.717, 1.165) is 4.47 Å². The first kappa shape index (κ1) is 25.8. The van der Waals surface area contributed by atoms with Crippen molar-refractivity contribution in [3.8, 4) is 0 Å². The van der Waals surface area contributed by atoms with Crippen LogP contribution in [0.4, 0.5) is 18.9 Å². The van der Waals surface area contributed by atoms with Gasteiger partial charge < -0.3 is 0 Å². The van der Waals surface area contributed by atoms with Crippen molar-refractivity contribution in [2.24, 2.45) is 5.92 Å². The predicted molar refractivity (Wildman–Crippen MR) is 126 cm³/mol. The molecule has 0 aromatic heterocycles. The number of hydrogen-bond acceptors (Lipinski definition) is 2. The largest absolute Gasteiger partial charge is 0.471 e. The minimum atomic E-state index is -5.15. The SMILES string of the molecule is CC(C)C[C@H]1N(c2cc(Cl)cc(Cl)c2)C(=O)[C@@](C)(Cc2ccc(Br)cc2)N1C(=O)C(F)(F)F. The highest BCUT2D eigenvalue weighted by atomic mass is 79.9. The lowest BCUT2D eigenvalue weighted by atomic mass is 9.90. The highest BCUT2D eigenvalue weighted by Gasteiger charge is 2.61. The molecule has 2 amide bonds. The number of alkyl halides is 3. The minimum Gasteiger partial charge on any atom is -0.299 e. The highest BCUT2D eigenvalue weighted by Crippen LogP contribution is 2.43. The lowest BCUT2D eigenvalue weighted by Crippen LogP contribution is -2.57. The molecule has 178 valence electrons. The number of rotatable bonds is 5. The zero-order chi connectivity index (χ0) is 24.7. The monoisotopic (exact) mass is 564 g/mol. The fraction of sp³-hybridized carbons (Fsp3) is 0.391. The van der Waals surface area contributed by atoms with Crippen molar-refractivity contribution in [1.29, 1.82) is 0 Å². The fourth-order valence-electron chi connectivity index (χ4n) is 4.20. The Labute approximate surface area is 208 Å². The normalized spacial score (nSPS) is 21.3. The van der Waals surface area contributed by atoms with Crippen molar-refractivity contribution in [2.75, 3.05) is 4.90 Å². The standard InChI is InChI=1S/C23H22BrCl2F3N2O2/c1-13(2)8-19-30(18-10-16(25)9-17(26)11-18)20(32)22(3,31(19)21(33)23(27,28)29)12-14-4-6-15(24)7-5-14/h4-7,9-11,13,19H,8,12H2,1-3H3/t19-,22+/m0/s1. The van der Waals surface area contributed by atoms with Gasteiger partial charge in [0.1, 0.15) is 11.7 Å². The average molecular weight is 566 g/mol. The number of amides is 2. The van der Waals surface area contributed by atoms with Crippen molar-refractivity contribution in [1.82, 2.24) is 4.90 Å². The molecule has 1 aliphatic heterocycles. The summed E-state index contributed by atoms with van der Waals surface area (Å²) in [4.78, 5) is 28.5. The first-order valence-electron chi connectivity index (χ1n) is 10.2. The number of carbonyl (C=O) groups is 2. The topological polar surface area (TPSA) is 40.6 Å². The number of nitrogens with zero attached hydrogens (tertiary/aromatic N) is 2. The van der Waals surface area contributed by atoms with E-state index in [4.69, 9.17) is 23.2 Å². The van der Waals surface area contributed by atoms with Crippen molar-refractivity contribution in [2.45, 2.75) is 51.5 Å². The third-order valence-electron chi connectivity index (χ3n) is 5.54. The average Bonchev–Trinajstić information content (AvgIpc) is 2.87. The van der Waals surface area contributed by atoms with E-state index in [0.29, 0.717) is 10.5 Å². The molecule has 10 heteroatoms. The molecule has 3 rings (SSSR count). The van der Waals surface area contributed by atoms with Crippen LogP contribution in [0.1, 0.15) is 32.8 Å². The number of anilines is 1. The number of carbonyl (C=O) groups excluding carboxylic acids is 2. The first-order chi connectivity index (χ1) is 15.2. The van der Waals surface area contributed by atoms with E-state index in [-0.39, 0.29) is 34.5 Å².